The minimum atomic E-state index is -0.476. The lowest BCUT2D eigenvalue weighted by Crippen LogP contribution is -1.97. The second-order valence-corrected chi connectivity index (χ2v) is 12.8. The van der Waals surface area contributed by atoms with Crippen molar-refractivity contribution in [3.05, 3.63) is 206 Å². The van der Waals surface area contributed by atoms with Gasteiger partial charge < -0.3 is 0 Å². The van der Waals surface area contributed by atoms with Gasteiger partial charge in [0.15, 0.2) is 0 Å². The Morgan fingerprint density at radius 3 is 1.64 bits per heavy atom. The minimum absolute atomic E-state index is 0.0714. The van der Waals surface area contributed by atoms with Gasteiger partial charge >= 0.3 is 0 Å². The van der Waals surface area contributed by atoms with Gasteiger partial charge in [-0.2, -0.15) is 0 Å². The van der Waals surface area contributed by atoms with E-state index in [0.717, 1.165) is 66.3 Å². The third-order valence-corrected chi connectivity index (χ3v) is 9.76. The summed E-state index contributed by atoms with van der Waals surface area (Å²) in [6.07, 6.45) is 0. The van der Waals surface area contributed by atoms with Crippen LogP contribution in [0.15, 0.2) is 206 Å². The average molecular weight is 685 g/mol. The van der Waals surface area contributed by atoms with Crippen molar-refractivity contribution in [3.8, 4) is 61.6 Å². The number of fused-ring (bicyclic) bond motifs is 3. The van der Waals surface area contributed by atoms with Crippen LogP contribution >= 0.6 is 0 Å². The monoisotopic (exact) mass is 684 g/mol. The van der Waals surface area contributed by atoms with Crippen molar-refractivity contribution >= 4 is 32.6 Å². The Hall–Kier alpha value is -7.03. The molecule has 0 atom stereocenters. The molecule has 0 amide bonds. The molecule has 0 N–H and O–H groups in total. The van der Waals surface area contributed by atoms with Crippen LogP contribution in [0.2, 0.25) is 0 Å². The molecule has 0 aliphatic heterocycles. The van der Waals surface area contributed by atoms with Crippen molar-refractivity contribution in [1.82, 2.24) is 9.55 Å². The SMILES string of the molecule is [2H]c1c([2H])c([2H])c(-c2cccc(-c3c4ccccc4c(-c4ccc(-c5nc6ccccc6n5-c5ccccc5)cc4)c4ccc(-c5c([2H])c([2H])c([2H])c([2H])c5[2H])cc34)c2)c([2H])c1[2H]. The average Bonchev–Trinajstić information content (AvgIpc) is 3.71. The Morgan fingerprint density at radius 1 is 0.377 bits per heavy atom. The summed E-state index contributed by atoms with van der Waals surface area (Å²) in [5, 5.41) is 3.33. The molecule has 0 unspecified atom stereocenters. The number of imidazole rings is 1. The first-order valence-electron chi connectivity index (χ1n) is 22.3. The quantitative estimate of drug-likeness (QED) is 0.159. The molecule has 0 aliphatic carbocycles. The highest BCUT2D eigenvalue weighted by Crippen LogP contribution is 2.45. The molecule has 2 nitrogen and oxygen atoms in total. The Labute approximate surface area is 323 Å². The molecule has 10 aromatic rings. The van der Waals surface area contributed by atoms with Crippen LogP contribution in [0.25, 0.3) is 94.2 Å². The van der Waals surface area contributed by atoms with E-state index < -0.39 is 36.3 Å². The van der Waals surface area contributed by atoms with E-state index in [1.807, 2.05) is 78.9 Å². The number of hydrogen-bond donors (Lipinski definition) is 0. The highest BCUT2D eigenvalue weighted by molar-refractivity contribution is 6.22. The van der Waals surface area contributed by atoms with Crippen LogP contribution in [-0.2, 0) is 0 Å². The highest BCUT2D eigenvalue weighted by atomic mass is 15.1. The van der Waals surface area contributed by atoms with Gasteiger partial charge in [-0.25, -0.2) is 4.98 Å². The van der Waals surface area contributed by atoms with Crippen LogP contribution in [-0.4, -0.2) is 9.55 Å². The Morgan fingerprint density at radius 2 is 0.925 bits per heavy atom. The van der Waals surface area contributed by atoms with Crippen LogP contribution in [0.5, 0.6) is 0 Å². The summed E-state index contributed by atoms with van der Waals surface area (Å²) in [5.74, 6) is 0.793. The van der Waals surface area contributed by atoms with Gasteiger partial charge in [0, 0.05) is 11.3 Å². The summed E-state index contributed by atoms with van der Waals surface area (Å²) in [5.41, 5.74) is 8.07. The fourth-order valence-corrected chi connectivity index (χ4v) is 7.42. The van der Waals surface area contributed by atoms with Gasteiger partial charge in [0.05, 0.1) is 24.7 Å². The van der Waals surface area contributed by atoms with E-state index in [2.05, 4.69) is 53.1 Å². The fourth-order valence-electron chi connectivity index (χ4n) is 7.42. The highest BCUT2D eigenvalue weighted by Gasteiger charge is 2.19. The molecular weight excluding hydrogens is 641 g/mol. The topological polar surface area (TPSA) is 17.8 Å². The molecule has 53 heavy (non-hydrogen) atoms. The molecule has 0 bridgehead atoms. The molecule has 0 saturated heterocycles. The molecular formula is C51H34N2. The van der Waals surface area contributed by atoms with Gasteiger partial charge in [-0.15, -0.1) is 0 Å². The molecule has 2 heteroatoms. The first-order chi connectivity index (χ1) is 30.4. The maximum absolute atomic E-state index is 8.86. The number of aromatic nitrogens is 2. The van der Waals surface area contributed by atoms with Crippen molar-refractivity contribution in [1.29, 1.82) is 0 Å². The van der Waals surface area contributed by atoms with Crippen LogP contribution in [0, 0.1) is 0 Å². The van der Waals surface area contributed by atoms with E-state index in [1.165, 1.54) is 0 Å². The normalized spacial score (nSPS) is 14.0. The van der Waals surface area contributed by atoms with Gasteiger partial charge in [0.2, 0.25) is 0 Å². The Balaban J connectivity index is 1.24. The predicted molar refractivity (Wildman–Crippen MR) is 223 cm³/mol. The third kappa shape index (κ3) is 5.40. The number of para-hydroxylation sites is 3. The van der Waals surface area contributed by atoms with Crippen molar-refractivity contribution in [2.24, 2.45) is 0 Å². The number of nitrogens with zero attached hydrogens (tertiary/aromatic N) is 2. The van der Waals surface area contributed by atoms with Crippen LogP contribution in [0.1, 0.15) is 13.7 Å². The standard InChI is InChI=1S/C51H34N2/c1-4-15-35(16-5-1)39-19-14-20-41(33-39)50-44-24-11-10-23-43(44)49(45-32-31-40(34-46(45)50)36-17-6-2-7-18-36)37-27-29-38(30-28-37)51-52-47-25-12-13-26-48(47)53(51)42-21-8-3-9-22-42/h1-34H/i1D,2D,4D,5D,6D,7D,15D,16D,17D,18D. The lowest BCUT2D eigenvalue weighted by molar-refractivity contribution is 1.10. The minimum Gasteiger partial charge on any atom is -0.292 e. The molecule has 0 aliphatic rings. The van der Waals surface area contributed by atoms with E-state index in [1.54, 1.807) is 18.2 Å². The van der Waals surface area contributed by atoms with E-state index in [9.17, 15) is 0 Å². The van der Waals surface area contributed by atoms with Gasteiger partial charge in [-0.05, 0) is 102 Å². The summed E-state index contributed by atoms with van der Waals surface area (Å²) in [6.45, 7) is 0. The van der Waals surface area contributed by atoms with E-state index in [0.29, 0.717) is 16.7 Å². The van der Waals surface area contributed by atoms with Crippen molar-refractivity contribution in [2.45, 2.75) is 0 Å². The summed E-state index contributed by atoms with van der Waals surface area (Å²) >= 11 is 0. The molecule has 10 rings (SSSR count). The molecule has 1 aromatic heterocycles. The summed E-state index contributed by atoms with van der Waals surface area (Å²) in [6, 6.07) is 43.3. The maximum atomic E-state index is 8.86. The molecule has 1 heterocycles. The van der Waals surface area contributed by atoms with Gasteiger partial charge in [0.1, 0.15) is 5.82 Å². The number of rotatable bonds is 6. The second kappa shape index (κ2) is 12.9. The van der Waals surface area contributed by atoms with E-state index >= 15 is 0 Å². The van der Waals surface area contributed by atoms with Crippen molar-refractivity contribution in [3.63, 3.8) is 0 Å². The van der Waals surface area contributed by atoms with Gasteiger partial charge in [-0.1, -0.05) is 170 Å². The first kappa shape index (κ1) is 22.0. The molecule has 0 radical (unpaired) electrons. The Kier molecular flexibility index (Phi) is 5.38. The van der Waals surface area contributed by atoms with Gasteiger partial charge in [0.25, 0.3) is 0 Å². The van der Waals surface area contributed by atoms with Crippen molar-refractivity contribution in [2.75, 3.05) is 0 Å². The number of hydrogen-bond acceptors (Lipinski definition) is 1. The van der Waals surface area contributed by atoms with E-state index in [4.69, 9.17) is 18.7 Å². The summed E-state index contributed by atoms with van der Waals surface area (Å²) < 4.78 is 87.4. The lowest BCUT2D eigenvalue weighted by atomic mass is 9.84. The van der Waals surface area contributed by atoms with Crippen LogP contribution in [0.3, 0.4) is 0 Å². The molecule has 0 saturated carbocycles. The lowest BCUT2D eigenvalue weighted by Gasteiger charge is -2.19. The molecule has 9 aromatic carbocycles. The van der Waals surface area contributed by atoms with Gasteiger partial charge in [-0.3, -0.25) is 4.57 Å². The van der Waals surface area contributed by atoms with Crippen LogP contribution in [0.4, 0.5) is 0 Å². The predicted octanol–water partition coefficient (Wildman–Crippen LogP) is 13.7. The molecule has 0 fully saturated rings. The second-order valence-electron chi connectivity index (χ2n) is 12.8. The largest absolute Gasteiger partial charge is 0.292 e. The van der Waals surface area contributed by atoms with E-state index in [-0.39, 0.29) is 35.3 Å². The zero-order chi connectivity index (χ0) is 43.8. The Bertz CT molecular complexity index is 3450. The maximum Gasteiger partial charge on any atom is 0.145 e. The van der Waals surface area contributed by atoms with Crippen molar-refractivity contribution < 1.29 is 13.7 Å². The zero-order valence-electron chi connectivity index (χ0n) is 38.3. The smallest absolute Gasteiger partial charge is 0.145 e. The summed E-state index contributed by atoms with van der Waals surface area (Å²) in [7, 11) is 0. The third-order valence-electron chi connectivity index (χ3n) is 9.76. The summed E-state index contributed by atoms with van der Waals surface area (Å²) in [4.78, 5) is 5.07. The molecule has 248 valence electrons. The number of benzene rings is 9. The first-order valence-corrected chi connectivity index (χ1v) is 17.3. The molecule has 0 spiro atoms. The fraction of sp³-hybridized carbons (Fsp3) is 0. The van der Waals surface area contributed by atoms with Crippen LogP contribution < -0.4 is 0 Å². The zero-order valence-corrected chi connectivity index (χ0v) is 28.3.